The summed E-state index contributed by atoms with van der Waals surface area (Å²) in [4.78, 5) is 25.4. The minimum atomic E-state index is -0.424. The normalized spacial score (nSPS) is 10.5. The van der Waals surface area contributed by atoms with Gasteiger partial charge in [0.25, 0.3) is 5.69 Å². The zero-order chi connectivity index (χ0) is 12.6. The Kier molecular flexibility index (Phi) is 2.76. The van der Waals surface area contributed by atoms with Crippen LogP contribution in [-0.2, 0) is 4.79 Å². The largest absolute Gasteiger partial charge is 0.302 e. The van der Waals surface area contributed by atoms with Crippen LogP contribution >= 0.6 is 11.3 Å². The molecule has 2 aromatic rings. The van der Waals surface area contributed by atoms with Gasteiger partial charge >= 0.3 is 0 Å². The number of benzene rings is 1. The van der Waals surface area contributed by atoms with Gasteiger partial charge in [-0.2, -0.15) is 0 Å². The quantitative estimate of drug-likeness (QED) is 0.656. The SMILES string of the molecule is CC(=O)Nc1nc2cc(C)c([N+](=O)[O-])cc2s1. The first-order valence-electron chi connectivity index (χ1n) is 4.80. The molecule has 6 nitrogen and oxygen atoms in total. The Bertz CT molecular complexity index is 621. The Morgan fingerprint density at radius 3 is 2.82 bits per heavy atom. The van der Waals surface area contributed by atoms with Gasteiger partial charge in [0.15, 0.2) is 5.13 Å². The third-order valence-corrected chi connectivity index (χ3v) is 3.12. The molecule has 0 aliphatic heterocycles. The number of hydrogen-bond donors (Lipinski definition) is 1. The zero-order valence-corrected chi connectivity index (χ0v) is 10.00. The maximum absolute atomic E-state index is 10.9. The molecule has 0 saturated carbocycles. The Balaban J connectivity index is 2.54. The van der Waals surface area contributed by atoms with E-state index in [1.54, 1.807) is 13.0 Å². The predicted molar refractivity (Wildman–Crippen MR) is 65.3 cm³/mol. The number of aromatic nitrogens is 1. The summed E-state index contributed by atoms with van der Waals surface area (Å²) in [5.41, 5.74) is 1.28. The fraction of sp³-hybridized carbons (Fsp3) is 0.200. The second-order valence-corrected chi connectivity index (χ2v) is 4.59. The number of nitrogens with one attached hydrogen (secondary N) is 1. The van der Waals surface area contributed by atoms with Gasteiger partial charge in [0.2, 0.25) is 5.91 Å². The highest BCUT2D eigenvalue weighted by molar-refractivity contribution is 7.22. The number of aryl methyl sites for hydroxylation is 1. The van der Waals surface area contributed by atoms with Crippen molar-refractivity contribution in [1.29, 1.82) is 0 Å². The van der Waals surface area contributed by atoms with Crippen molar-refractivity contribution < 1.29 is 9.72 Å². The van der Waals surface area contributed by atoms with Gasteiger partial charge in [0.05, 0.1) is 15.1 Å². The number of carbonyl (C=O) groups is 1. The summed E-state index contributed by atoms with van der Waals surface area (Å²) in [6.07, 6.45) is 0. The molecule has 1 heterocycles. The zero-order valence-electron chi connectivity index (χ0n) is 9.18. The molecular weight excluding hydrogens is 242 g/mol. The van der Waals surface area contributed by atoms with Crippen molar-refractivity contribution in [2.75, 3.05) is 5.32 Å². The minimum absolute atomic E-state index is 0.0653. The average molecular weight is 251 g/mol. The third-order valence-electron chi connectivity index (χ3n) is 2.19. The van der Waals surface area contributed by atoms with Crippen LogP contribution in [-0.4, -0.2) is 15.8 Å². The lowest BCUT2D eigenvalue weighted by Crippen LogP contribution is -2.04. The smallest absolute Gasteiger partial charge is 0.273 e. The highest BCUT2D eigenvalue weighted by Gasteiger charge is 2.14. The summed E-state index contributed by atoms with van der Waals surface area (Å²) in [5, 5.41) is 13.8. The van der Waals surface area contributed by atoms with Gasteiger partial charge < -0.3 is 5.32 Å². The molecule has 0 aliphatic rings. The van der Waals surface area contributed by atoms with E-state index < -0.39 is 4.92 Å². The van der Waals surface area contributed by atoms with E-state index in [2.05, 4.69) is 10.3 Å². The first-order chi connectivity index (χ1) is 7.97. The van der Waals surface area contributed by atoms with Gasteiger partial charge in [-0.1, -0.05) is 11.3 Å². The predicted octanol–water partition coefficient (Wildman–Crippen LogP) is 2.47. The van der Waals surface area contributed by atoms with Gasteiger partial charge in [-0.25, -0.2) is 4.98 Å². The highest BCUT2D eigenvalue weighted by atomic mass is 32.1. The number of rotatable bonds is 2. The van der Waals surface area contributed by atoms with E-state index in [9.17, 15) is 14.9 Å². The monoisotopic (exact) mass is 251 g/mol. The van der Waals surface area contributed by atoms with Crippen molar-refractivity contribution >= 4 is 38.3 Å². The van der Waals surface area contributed by atoms with Crippen molar-refractivity contribution in [3.63, 3.8) is 0 Å². The minimum Gasteiger partial charge on any atom is -0.302 e. The van der Waals surface area contributed by atoms with Crippen LogP contribution in [0.25, 0.3) is 10.2 Å². The molecule has 88 valence electrons. The van der Waals surface area contributed by atoms with E-state index in [4.69, 9.17) is 0 Å². The number of nitro benzene ring substituents is 1. The molecule has 0 spiro atoms. The van der Waals surface area contributed by atoms with E-state index in [-0.39, 0.29) is 11.6 Å². The van der Waals surface area contributed by atoms with E-state index in [1.807, 2.05) is 0 Å². The molecule has 1 aromatic heterocycles. The number of amides is 1. The van der Waals surface area contributed by atoms with Crippen LogP contribution in [0.5, 0.6) is 0 Å². The van der Waals surface area contributed by atoms with E-state index in [0.29, 0.717) is 20.9 Å². The van der Waals surface area contributed by atoms with Crippen molar-refractivity contribution in [2.24, 2.45) is 0 Å². The fourth-order valence-corrected chi connectivity index (χ4v) is 2.40. The van der Waals surface area contributed by atoms with Crippen LogP contribution in [0.2, 0.25) is 0 Å². The van der Waals surface area contributed by atoms with Crippen LogP contribution < -0.4 is 5.32 Å². The lowest BCUT2D eigenvalue weighted by atomic mass is 10.2. The standard InChI is InChI=1S/C10H9N3O3S/c1-5-3-7-9(4-8(5)13(15)16)17-10(12-7)11-6(2)14/h3-4H,1-2H3,(H,11,12,14). The molecule has 0 fully saturated rings. The second-order valence-electron chi connectivity index (χ2n) is 3.56. The molecule has 0 bridgehead atoms. The topological polar surface area (TPSA) is 85.1 Å². The highest BCUT2D eigenvalue weighted by Crippen LogP contribution is 2.31. The van der Waals surface area contributed by atoms with Crippen LogP contribution in [0.1, 0.15) is 12.5 Å². The Morgan fingerprint density at radius 2 is 2.24 bits per heavy atom. The molecule has 7 heteroatoms. The molecule has 1 amide bonds. The number of hydrogen-bond acceptors (Lipinski definition) is 5. The van der Waals surface area contributed by atoms with Crippen LogP contribution in [0.3, 0.4) is 0 Å². The van der Waals surface area contributed by atoms with Crippen molar-refractivity contribution in [2.45, 2.75) is 13.8 Å². The van der Waals surface area contributed by atoms with E-state index >= 15 is 0 Å². The molecule has 17 heavy (non-hydrogen) atoms. The summed E-state index contributed by atoms with van der Waals surface area (Å²) in [6, 6.07) is 3.13. The van der Waals surface area contributed by atoms with E-state index in [1.165, 1.54) is 24.3 Å². The fourth-order valence-electron chi connectivity index (χ4n) is 1.47. The van der Waals surface area contributed by atoms with Gasteiger partial charge in [-0.15, -0.1) is 0 Å². The van der Waals surface area contributed by atoms with Gasteiger partial charge in [-0.3, -0.25) is 14.9 Å². The van der Waals surface area contributed by atoms with Gasteiger partial charge in [-0.05, 0) is 13.0 Å². The lowest BCUT2D eigenvalue weighted by Gasteiger charge is -1.95. The first kappa shape index (κ1) is 11.5. The number of fused-ring (bicyclic) bond motifs is 1. The molecule has 0 radical (unpaired) electrons. The second kappa shape index (κ2) is 4.10. The van der Waals surface area contributed by atoms with Gasteiger partial charge in [0, 0.05) is 18.6 Å². The molecule has 0 saturated heterocycles. The van der Waals surface area contributed by atoms with Crippen LogP contribution in [0.4, 0.5) is 10.8 Å². The Labute approximate surface area is 100 Å². The maximum Gasteiger partial charge on any atom is 0.273 e. The third kappa shape index (κ3) is 2.23. The van der Waals surface area contributed by atoms with Crippen molar-refractivity contribution in [1.82, 2.24) is 4.98 Å². The summed E-state index contributed by atoms with van der Waals surface area (Å²) >= 11 is 1.22. The van der Waals surface area contributed by atoms with Gasteiger partial charge in [0.1, 0.15) is 0 Å². The van der Waals surface area contributed by atoms with Crippen molar-refractivity contribution in [3.8, 4) is 0 Å². The molecule has 1 aromatic carbocycles. The van der Waals surface area contributed by atoms with Crippen LogP contribution in [0, 0.1) is 17.0 Å². The summed E-state index contributed by atoms with van der Waals surface area (Å²) in [5.74, 6) is -0.213. The van der Waals surface area contributed by atoms with E-state index in [0.717, 1.165) is 0 Å². The number of nitrogens with zero attached hydrogens (tertiary/aromatic N) is 2. The summed E-state index contributed by atoms with van der Waals surface area (Å²) in [6.45, 7) is 3.05. The molecule has 2 rings (SSSR count). The lowest BCUT2D eigenvalue weighted by molar-refractivity contribution is -0.385. The molecule has 1 N–H and O–H groups in total. The molecule has 0 unspecified atom stereocenters. The van der Waals surface area contributed by atoms with Crippen molar-refractivity contribution in [3.05, 3.63) is 27.8 Å². The first-order valence-corrected chi connectivity index (χ1v) is 5.62. The maximum atomic E-state index is 10.9. The molecular formula is C10H9N3O3S. The number of nitro groups is 1. The summed E-state index contributed by atoms with van der Waals surface area (Å²) in [7, 11) is 0. The number of anilines is 1. The molecule has 0 atom stereocenters. The Hall–Kier alpha value is -2.02. The number of carbonyl (C=O) groups excluding carboxylic acids is 1. The molecule has 0 aliphatic carbocycles. The Morgan fingerprint density at radius 1 is 1.53 bits per heavy atom. The summed E-state index contributed by atoms with van der Waals surface area (Å²) < 4.78 is 0.686. The van der Waals surface area contributed by atoms with Crippen LogP contribution in [0.15, 0.2) is 12.1 Å². The number of thiazole rings is 1. The average Bonchev–Trinajstić information content (AvgIpc) is 2.56.